The monoisotopic (exact) mass is 278 g/mol. The summed E-state index contributed by atoms with van der Waals surface area (Å²) in [7, 11) is 0. The zero-order valence-electron chi connectivity index (χ0n) is 11.1. The molecule has 0 atom stereocenters. The highest BCUT2D eigenvalue weighted by Gasteiger charge is 2.21. The summed E-state index contributed by atoms with van der Waals surface area (Å²) in [6.07, 6.45) is 0.388. The van der Waals surface area contributed by atoms with Crippen LogP contribution >= 0.6 is 0 Å². The van der Waals surface area contributed by atoms with Crippen molar-refractivity contribution in [3.8, 4) is 5.75 Å². The lowest BCUT2D eigenvalue weighted by Gasteiger charge is -2.12. The Morgan fingerprint density at radius 2 is 1.65 bits per heavy atom. The maximum atomic E-state index is 11.5. The van der Waals surface area contributed by atoms with E-state index in [0.717, 1.165) is 6.07 Å². The van der Waals surface area contributed by atoms with Crippen molar-refractivity contribution < 1.29 is 29.3 Å². The number of carbonyl (C=O) groups excluding carboxylic acids is 1. The smallest absolute Gasteiger partial charge is 0.338 e. The Kier molecular flexibility index (Phi) is 4.63. The van der Waals surface area contributed by atoms with Crippen molar-refractivity contribution in [3.63, 3.8) is 0 Å². The van der Waals surface area contributed by atoms with Crippen LogP contribution < -0.4 is 4.74 Å². The molecule has 6 heteroatoms. The molecule has 6 nitrogen and oxygen atoms in total. The molecular weight excluding hydrogens is 264 g/mol. The molecule has 0 bridgehead atoms. The number of benzene rings is 1. The van der Waals surface area contributed by atoms with Gasteiger partial charge in [0.15, 0.2) is 0 Å². The van der Waals surface area contributed by atoms with Crippen molar-refractivity contribution in [2.75, 3.05) is 0 Å². The Morgan fingerprint density at radius 1 is 1.15 bits per heavy atom. The maximum Gasteiger partial charge on any atom is 0.338 e. The van der Waals surface area contributed by atoms with E-state index < -0.39 is 23.5 Å². The van der Waals surface area contributed by atoms with E-state index in [1.54, 1.807) is 6.92 Å². The van der Waals surface area contributed by atoms with Gasteiger partial charge in [0, 0.05) is 5.57 Å². The fourth-order valence-electron chi connectivity index (χ4n) is 1.54. The standard InChI is InChI=1S/C14H14O6/c1-4-8-5-9(12(15)16)10(13(17)18)6-11(8)20-14(19)7(2)3/h5-6H,2,4H2,1,3H3,(H,15,16)(H,17,18). The largest absolute Gasteiger partial charge is 0.478 e. The molecule has 1 aromatic carbocycles. The first kappa shape index (κ1) is 15.4. The third-order valence-electron chi connectivity index (χ3n) is 2.59. The van der Waals surface area contributed by atoms with E-state index in [1.165, 1.54) is 13.0 Å². The average molecular weight is 278 g/mol. The van der Waals surface area contributed by atoms with E-state index in [4.69, 9.17) is 14.9 Å². The Labute approximate surface area is 115 Å². The van der Waals surface area contributed by atoms with Gasteiger partial charge in [-0.1, -0.05) is 13.5 Å². The van der Waals surface area contributed by atoms with E-state index in [0.29, 0.717) is 12.0 Å². The van der Waals surface area contributed by atoms with E-state index in [-0.39, 0.29) is 16.9 Å². The molecule has 0 unspecified atom stereocenters. The first-order valence-corrected chi connectivity index (χ1v) is 5.79. The minimum absolute atomic E-state index is 0.0305. The minimum Gasteiger partial charge on any atom is -0.478 e. The number of rotatable bonds is 5. The van der Waals surface area contributed by atoms with Crippen molar-refractivity contribution in [3.05, 3.63) is 41.0 Å². The molecule has 0 fully saturated rings. The first-order valence-electron chi connectivity index (χ1n) is 5.79. The molecule has 0 radical (unpaired) electrons. The molecule has 0 saturated heterocycles. The van der Waals surface area contributed by atoms with Gasteiger partial charge in [0.05, 0.1) is 11.1 Å². The van der Waals surface area contributed by atoms with Gasteiger partial charge in [0.25, 0.3) is 0 Å². The molecule has 0 aliphatic rings. The SMILES string of the molecule is C=C(C)C(=O)Oc1cc(C(=O)O)c(C(=O)O)cc1CC. The zero-order chi connectivity index (χ0) is 15.4. The van der Waals surface area contributed by atoms with Crippen LogP contribution in [0.25, 0.3) is 0 Å². The molecule has 106 valence electrons. The summed E-state index contributed by atoms with van der Waals surface area (Å²) in [4.78, 5) is 33.6. The second-order valence-electron chi connectivity index (χ2n) is 4.14. The van der Waals surface area contributed by atoms with Crippen LogP contribution in [0.2, 0.25) is 0 Å². The molecule has 0 heterocycles. The maximum absolute atomic E-state index is 11.5. The van der Waals surface area contributed by atoms with Crippen molar-refractivity contribution in [2.24, 2.45) is 0 Å². The molecule has 0 aliphatic carbocycles. The average Bonchev–Trinajstić information content (AvgIpc) is 2.37. The molecule has 0 amide bonds. The van der Waals surface area contributed by atoms with Gasteiger partial charge in [-0.3, -0.25) is 0 Å². The van der Waals surface area contributed by atoms with Gasteiger partial charge in [-0.15, -0.1) is 0 Å². The number of ether oxygens (including phenoxy) is 1. The number of esters is 1. The summed E-state index contributed by atoms with van der Waals surface area (Å²) in [5.41, 5.74) is -0.183. The highest BCUT2D eigenvalue weighted by molar-refractivity contribution is 6.02. The van der Waals surface area contributed by atoms with Gasteiger partial charge in [0.1, 0.15) is 5.75 Å². The summed E-state index contributed by atoms with van der Waals surface area (Å²) in [5, 5.41) is 18.0. The topological polar surface area (TPSA) is 101 Å². The quantitative estimate of drug-likeness (QED) is 0.486. The van der Waals surface area contributed by atoms with Crippen molar-refractivity contribution in [1.82, 2.24) is 0 Å². The molecule has 0 saturated carbocycles. The number of carboxylic acid groups (broad SMARTS) is 2. The lowest BCUT2D eigenvalue weighted by atomic mass is 10.0. The van der Waals surface area contributed by atoms with Crippen LogP contribution in [0.5, 0.6) is 5.75 Å². The van der Waals surface area contributed by atoms with Gasteiger partial charge in [-0.05, 0) is 31.0 Å². The van der Waals surface area contributed by atoms with Gasteiger partial charge < -0.3 is 14.9 Å². The molecule has 0 spiro atoms. The van der Waals surface area contributed by atoms with Crippen LogP contribution in [-0.4, -0.2) is 28.1 Å². The number of hydrogen-bond donors (Lipinski definition) is 2. The number of hydrogen-bond acceptors (Lipinski definition) is 4. The zero-order valence-corrected chi connectivity index (χ0v) is 11.1. The Hall–Kier alpha value is -2.63. The van der Waals surface area contributed by atoms with Crippen molar-refractivity contribution in [1.29, 1.82) is 0 Å². The minimum atomic E-state index is -1.40. The molecule has 2 N–H and O–H groups in total. The number of carbonyl (C=O) groups is 3. The van der Waals surface area contributed by atoms with Crippen LogP contribution in [-0.2, 0) is 11.2 Å². The van der Waals surface area contributed by atoms with Crippen LogP contribution in [0.4, 0.5) is 0 Å². The molecule has 0 aliphatic heterocycles. The Bertz CT molecular complexity index is 600. The van der Waals surface area contributed by atoms with Crippen molar-refractivity contribution >= 4 is 17.9 Å². The fourth-order valence-corrected chi connectivity index (χ4v) is 1.54. The highest BCUT2D eigenvalue weighted by Crippen LogP contribution is 2.25. The van der Waals surface area contributed by atoms with Crippen LogP contribution in [0.1, 0.15) is 40.1 Å². The summed E-state index contributed by atoms with van der Waals surface area (Å²) in [6, 6.07) is 2.25. The second-order valence-corrected chi connectivity index (χ2v) is 4.14. The highest BCUT2D eigenvalue weighted by atomic mass is 16.5. The fraction of sp³-hybridized carbons (Fsp3) is 0.214. The second kappa shape index (κ2) is 6.01. The molecule has 1 aromatic rings. The van der Waals surface area contributed by atoms with E-state index >= 15 is 0 Å². The van der Waals surface area contributed by atoms with Crippen LogP contribution in [0, 0.1) is 0 Å². The predicted molar refractivity (Wildman–Crippen MR) is 70.2 cm³/mol. The van der Waals surface area contributed by atoms with Gasteiger partial charge in [-0.2, -0.15) is 0 Å². The lowest BCUT2D eigenvalue weighted by Crippen LogP contribution is -2.13. The summed E-state index contributed by atoms with van der Waals surface area (Å²) >= 11 is 0. The van der Waals surface area contributed by atoms with E-state index in [1.807, 2.05) is 0 Å². The Morgan fingerprint density at radius 3 is 2.05 bits per heavy atom. The summed E-state index contributed by atoms with van der Waals surface area (Å²) < 4.78 is 5.03. The number of carboxylic acids is 2. The lowest BCUT2D eigenvalue weighted by molar-refractivity contribution is -0.130. The third-order valence-corrected chi connectivity index (χ3v) is 2.59. The van der Waals surface area contributed by atoms with E-state index in [9.17, 15) is 14.4 Å². The predicted octanol–water partition coefficient (Wildman–Crippen LogP) is 2.13. The number of aromatic carboxylic acids is 2. The molecule has 0 aromatic heterocycles. The molecule has 1 rings (SSSR count). The van der Waals surface area contributed by atoms with Crippen LogP contribution in [0.3, 0.4) is 0 Å². The normalized spacial score (nSPS) is 9.90. The molecule has 20 heavy (non-hydrogen) atoms. The van der Waals surface area contributed by atoms with E-state index in [2.05, 4.69) is 6.58 Å². The summed E-state index contributed by atoms with van der Waals surface area (Å²) in [5.74, 6) is -3.42. The summed E-state index contributed by atoms with van der Waals surface area (Å²) in [6.45, 7) is 6.62. The van der Waals surface area contributed by atoms with Crippen molar-refractivity contribution in [2.45, 2.75) is 20.3 Å². The first-order chi connectivity index (χ1) is 9.27. The Balaban J connectivity index is 3.41. The van der Waals surface area contributed by atoms with Gasteiger partial charge in [-0.25, -0.2) is 14.4 Å². The van der Waals surface area contributed by atoms with Gasteiger partial charge in [0.2, 0.25) is 0 Å². The molecular formula is C14H14O6. The number of aryl methyl sites for hydroxylation is 1. The van der Waals surface area contributed by atoms with Gasteiger partial charge >= 0.3 is 17.9 Å². The third kappa shape index (κ3) is 3.23. The van der Waals surface area contributed by atoms with Crippen LogP contribution in [0.15, 0.2) is 24.3 Å².